The molecule has 22 heavy (non-hydrogen) atoms. The standard InChI is InChI=1S/C5H12O.4HNO3/c1-2-3-4-5-6;4*2-1(3)4/h6H,2-5H2,1H3;4*(H,2,3,4). The van der Waals surface area contributed by atoms with Crippen LogP contribution in [0.1, 0.15) is 26.2 Å². The minimum Gasteiger partial charge on any atom is -0.396 e. The molecule has 17 nitrogen and oxygen atoms in total. The molecule has 0 bridgehead atoms. The van der Waals surface area contributed by atoms with Gasteiger partial charge in [-0.3, -0.25) is 0 Å². The van der Waals surface area contributed by atoms with Crippen molar-refractivity contribution in [2.45, 2.75) is 26.2 Å². The maximum absolute atomic E-state index is 8.36. The van der Waals surface area contributed by atoms with Crippen molar-refractivity contribution in [2.24, 2.45) is 0 Å². The number of nitrogens with zero attached hydrogens (tertiary/aromatic N) is 4. The van der Waals surface area contributed by atoms with Crippen molar-refractivity contribution in [1.82, 2.24) is 0 Å². The molecule has 0 heterocycles. The topological polar surface area (TPSA) is 274 Å². The van der Waals surface area contributed by atoms with Gasteiger partial charge >= 0.3 is 0 Å². The van der Waals surface area contributed by atoms with Crippen molar-refractivity contribution in [2.75, 3.05) is 6.61 Å². The van der Waals surface area contributed by atoms with Gasteiger partial charge in [-0.05, 0) is 6.42 Å². The molecule has 0 saturated carbocycles. The predicted molar refractivity (Wildman–Crippen MR) is 61.7 cm³/mol. The SMILES string of the molecule is CCCCCO.O=[N+]([O-])O.O=[N+]([O-])O.O=[N+]([O-])O.O=[N+]([O-])O. The molecule has 0 rings (SSSR count). The molecule has 17 heteroatoms. The van der Waals surface area contributed by atoms with E-state index in [0.29, 0.717) is 6.61 Å². The lowest BCUT2D eigenvalue weighted by Gasteiger charge is -1.85. The van der Waals surface area contributed by atoms with Crippen LogP contribution in [-0.2, 0) is 0 Å². The quantitative estimate of drug-likeness (QED) is 0.252. The third-order valence-electron chi connectivity index (χ3n) is 0.762. The number of hydrogen-bond donors (Lipinski definition) is 5. The molecule has 0 aromatic rings. The highest BCUT2D eigenvalue weighted by atomic mass is 16.9. The zero-order chi connectivity index (χ0) is 19.1. The number of unbranched alkanes of at least 4 members (excludes halogenated alkanes) is 2. The fraction of sp³-hybridized carbons (Fsp3) is 1.00. The van der Waals surface area contributed by atoms with E-state index in [2.05, 4.69) is 6.92 Å². The zero-order valence-corrected chi connectivity index (χ0v) is 11.1. The third-order valence-corrected chi connectivity index (χ3v) is 0.762. The second-order valence-electron chi connectivity index (χ2n) is 2.38. The molecule has 0 saturated heterocycles. The summed E-state index contributed by atoms with van der Waals surface area (Å²) in [6.45, 7) is 2.48. The summed E-state index contributed by atoms with van der Waals surface area (Å²) in [5.74, 6) is 0. The lowest BCUT2D eigenvalue weighted by molar-refractivity contribution is -0.742. The smallest absolute Gasteiger partial charge is 0.291 e. The molecule has 0 aromatic carbocycles. The predicted octanol–water partition coefficient (Wildman–Crippen LogP) is -0.222. The summed E-state index contributed by atoms with van der Waals surface area (Å²) >= 11 is 0. The van der Waals surface area contributed by atoms with Crippen LogP contribution in [0.5, 0.6) is 0 Å². The Morgan fingerprint density at radius 2 is 0.864 bits per heavy atom. The van der Waals surface area contributed by atoms with Gasteiger partial charge in [0.05, 0.1) is 0 Å². The Hall–Kier alpha value is -3.24. The summed E-state index contributed by atoms with van der Waals surface area (Å²) in [4.78, 5) is 33.4. The number of aliphatic hydroxyl groups is 1. The van der Waals surface area contributed by atoms with E-state index in [1.165, 1.54) is 6.42 Å². The van der Waals surface area contributed by atoms with Crippen LogP contribution in [0.2, 0.25) is 0 Å². The van der Waals surface area contributed by atoms with E-state index in [0.717, 1.165) is 12.8 Å². The van der Waals surface area contributed by atoms with Gasteiger partial charge in [-0.1, -0.05) is 19.8 Å². The molecular weight excluding hydrogens is 324 g/mol. The highest BCUT2D eigenvalue weighted by molar-refractivity contribution is 4.30. The molecule has 0 aromatic heterocycles. The lowest BCUT2D eigenvalue weighted by atomic mass is 10.3. The Kier molecular flexibility index (Phi) is 43.5. The summed E-state index contributed by atoms with van der Waals surface area (Å²) in [5, 5.41) is 62.8. The van der Waals surface area contributed by atoms with Gasteiger partial charge in [0.15, 0.2) is 0 Å². The van der Waals surface area contributed by atoms with E-state index in [-0.39, 0.29) is 0 Å². The van der Waals surface area contributed by atoms with Crippen LogP contribution in [0.3, 0.4) is 0 Å². The molecule has 0 fully saturated rings. The van der Waals surface area contributed by atoms with Gasteiger partial charge in [0.1, 0.15) is 0 Å². The number of rotatable bonds is 3. The van der Waals surface area contributed by atoms with Crippen LogP contribution < -0.4 is 0 Å². The summed E-state index contributed by atoms with van der Waals surface area (Å²) in [6, 6.07) is 0. The maximum atomic E-state index is 8.36. The van der Waals surface area contributed by atoms with Crippen LogP contribution in [0, 0.1) is 40.5 Å². The van der Waals surface area contributed by atoms with Gasteiger partial charge in [0.2, 0.25) is 0 Å². The van der Waals surface area contributed by atoms with Crippen molar-refractivity contribution in [3.63, 3.8) is 0 Å². The number of hydrogen-bond acceptors (Lipinski definition) is 9. The molecule has 0 aliphatic rings. The van der Waals surface area contributed by atoms with Crippen LogP contribution in [-0.4, -0.2) is 52.9 Å². The van der Waals surface area contributed by atoms with E-state index >= 15 is 0 Å². The first-order chi connectivity index (χ1) is 9.84. The van der Waals surface area contributed by atoms with Crippen LogP contribution in [0.25, 0.3) is 0 Å². The first-order valence-electron chi connectivity index (χ1n) is 4.78. The van der Waals surface area contributed by atoms with Gasteiger partial charge < -0.3 is 25.9 Å². The summed E-state index contributed by atoms with van der Waals surface area (Å²) in [6.07, 6.45) is 3.33. The van der Waals surface area contributed by atoms with E-state index in [1.807, 2.05) is 0 Å². The Morgan fingerprint density at radius 1 is 0.682 bits per heavy atom. The molecule has 0 atom stereocenters. The summed E-state index contributed by atoms with van der Waals surface area (Å²) < 4.78 is 0. The first-order valence-corrected chi connectivity index (χ1v) is 4.78. The zero-order valence-electron chi connectivity index (χ0n) is 11.1. The van der Waals surface area contributed by atoms with Gasteiger partial charge in [0.25, 0.3) is 20.3 Å². The monoisotopic (exact) mass is 340 g/mol. The summed E-state index contributed by atoms with van der Waals surface area (Å²) in [7, 11) is 0. The van der Waals surface area contributed by atoms with Crippen LogP contribution in [0.15, 0.2) is 0 Å². The lowest BCUT2D eigenvalue weighted by Crippen LogP contribution is -1.81. The van der Waals surface area contributed by atoms with E-state index in [4.69, 9.17) is 66.4 Å². The second-order valence-corrected chi connectivity index (χ2v) is 2.38. The Labute approximate surface area is 121 Å². The van der Waals surface area contributed by atoms with Gasteiger partial charge in [0, 0.05) is 6.61 Å². The summed E-state index contributed by atoms with van der Waals surface area (Å²) in [5.41, 5.74) is 0. The average molecular weight is 340 g/mol. The molecule has 0 spiro atoms. The molecular formula is C5H16N4O13. The maximum Gasteiger partial charge on any atom is 0.291 e. The fourth-order valence-corrected chi connectivity index (χ4v) is 0.362. The van der Waals surface area contributed by atoms with E-state index in [1.54, 1.807) is 0 Å². The molecule has 0 radical (unpaired) electrons. The Bertz CT molecular complexity index is 216. The van der Waals surface area contributed by atoms with Gasteiger partial charge in [-0.15, -0.1) is 40.5 Å². The molecule has 134 valence electrons. The van der Waals surface area contributed by atoms with E-state index < -0.39 is 20.3 Å². The van der Waals surface area contributed by atoms with Crippen molar-refractivity contribution < 1.29 is 46.3 Å². The minimum atomic E-state index is -1.50. The molecule has 0 amide bonds. The van der Waals surface area contributed by atoms with Crippen molar-refractivity contribution >= 4 is 0 Å². The molecule has 0 unspecified atom stereocenters. The highest BCUT2D eigenvalue weighted by Crippen LogP contribution is 1.89. The van der Waals surface area contributed by atoms with Crippen LogP contribution in [0.4, 0.5) is 0 Å². The van der Waals surface area contributed by atoms with Crippen molar-refractivity contribution in [1.29, 1.82) is 0 Å². The highest BCUT2D eigenvalue weighted by Gasteiger charge is 1.76. The van der Waals surface area contributed by atoms with Crippen molar-refractivity contribution in [3.8, 4) is 0 Å². The van der Waals surface area contributed by atoms with Gasteiger partial charge in [-0.25, -0.2) is 0 Å². The first kappa shape index (κ1) is 31.3. The minimum absolute atomic E-state index is 0.355. The largest absolute Gasteiger partial charge is 0.396 e. The molecule has 5 N–H and O–H groups in total. The Balaban J connectivity index is -0.0000000555. The molecule has 0 aliphatic carbocycles. The van der Waals surface area contributed by atoms with Gasteiger partial charge in [-0.2, -0.15) is 0 Å². The van der Waals surface area contributed by atoms with Crippen molar-refractivity contribution in [3.05, 3.63) is 40.5 Å². The third kappa shape index (κ3) is 72300. The van der Waals surface area contributed by atoms with Crippen LogP contribution >= 0.6 is 0 Å². The number of aliphatic hydroxyl groups excluding tert-OH is 1. The molecule has 0 aliphatic heterocycles. The second kappa shape index (κ2) is 30.6. The normalized spacial score (nSPS) is 6.82. The fourth-order valence-electron chi connectivity index (χ4n) is 0.362. The van der Waals surface area contributed by atoms with E-state index in [9.17, 15) is 0 Å². The average Bonchev–Trinajstić information content (AvgIpc) is 2.23. The Morgan fingerprint density at radius 3 is 0.909 bits per heavy atom.